The normalized spacial score (nSPS) is 14.1. The summed E-state index contributed by atoms with van der Waals surface area (Å²) in [6, 6.07) is 8.61. The third-order valence-electron chi connectivity index (χ3n) is 6.05. The summed E-state index contributed by atoms with van der Waals surface area (Å²) in [5, 5.41) is 32.7. The van der Waals surface area contributed by atoms with Gasteiger partial charge in [0.2, 0.25) is 5.91 Å². The van der Waals surface area contributed by atoms with Crippen LogP contribution in [0.2, 0.25) is 0 Å². The van der Waals surface area contributed by atoms with Crippen LogP contribution in [0.15, 0.2) is 30.3 Å². The molecule has 0 saturated carbocycles. The molecule has 0 saturated heterocycles. The Bertz CT molecular complexity index is 583. The Hall–Kier alpha value is -1.47. The number of nitrogens with one attached hydrogen (secondary N) is 1. The van der Waals surface area contributed by atoms with E-state index in [0.717, 1.165) is 24.8 Å². The van der Waals surface area contributed by atoms with E-state index in [1.165, 1.54) is 57.8 Å². The largest absolute Gasteiger partial charge is 0.394 e. The Balaban J connectivity index is 2.08. The summed E-state index contributed by atoms with van der Waals surface area (Å²) in [5.41, 5.74) is 0.960. The summed E-state index contributed by atoms with van der Waals surface area (Å²) in [5.74, 6) is -0.429. The van der Waals surface area contributed by atoms with Crippen molar-refractivity contribution >= 4 is 5.91 Å². The van der Waals surface area contributed by atoms with Crippen LogP contribution in [0.1, 0.15) is 96.0 Å². The molecule has 6 heteroatoms. The van der Waals surface area contributed by atoms with Gasteiger partial charge in [0.25, 0.3) is 0 Å². The van der Waals surface area contributed by atoms with Crippen LogP contribution in [0.5, 0.6) is 0 Å². The molecule has 6 nitrogen and oxygen atoms in total. The maximum atomic E-state index is 12.1. The van der Waals surface area contributed by atoms with Gasteiger partial charge < -0.3 is 25.4 Å². The minimum atomic E-state index is -1.21. The number of benzene rings is 1. The Morgan fingerprint density at radius 3 is 1.97 bits per heavy atom. The Morgan fingerprint density at radius 2 is 1.42 bits per heavy atom. The SMILES string of the molecule is CCCCCCCCCCCCCC[C@@H](O)[C@@H](O)[C@H](CO)NC(=O)COCc1ccccc1. The smallest absolute Gasteiger partial charge is 0.246 e. The van der Waals surface area contributed by atoms with Crippen molar-refractivity contribution in [2.45, 2.75) is 115 Å². The zero-order chi connectivity index (χ0) is 24.2. The first-order valence-electron chi connectivity index (χ1n) is 13.0. The summed E-state index contributed by atoms with van der Waals surface area (Å²) < 4.78 is 5.38. The topological polar surface area (TPSA) is 99.0 Å². The fourth-order valence-corrected chi connectivity index (χ4v) is 3.96. The van der Waals surface area contributed by atoms with Crippen LogP contribution in [-0.4, -0.2) is 52.7 Å². The van der Waals surface area contributed by atoms with E-state index in [-0.39, 0.29) is 6.61 Å². The third kappa shape index (κ3) is 15.1. The van der Waals surface area contributed by atoms with E-state index in [1.54, 1.807) is 0 Å². The predicted octanol–water partition coefficient (Wildman–Crippen LogP) is 4.49. The van der Waals surface area contributed by atoms with Crippen molar-refractivity contribution in [3.8, 4) is 0 Å². The van der Waals surface area contributed by atoms with Crippen molar-refractivity contribution in [2.75, 3.05) is 13.2 Å². The maximum Gasteiger partial charge on any atom is 0.246 e. The zero-order valence-corrected chi connectivity index (χ0v) is 20.6. The molecule has 4 N–H and O–H groups in total. The lowest BCUT2D eigenvalue weighted by molar-refractivity contribution is -0.129. The molecule has 0 aromatic heterocycles. The maximum absolute atomic E-state index is 12.1. The van der Waals surface area contributed by atoms with Gasteiger partial charge in [-0.3, -0.25) is 4.79 Å². The Kier molecular flexibility index (Phi) is 17.9. The fourth-order valence-electron chi connectivity index (χ4n) is 3.96. The second-order valence-corrected chi connectivity index (χ2v) is 9.07. The van der Waals surface area contributed by atoms with Gasteiger partial charge >= 0.3 is 0 Å². The number of hydrogen-bond donors (Lipinski definition) is 4. The molecule has 0 unspecified atom stereocenters. The molecule has 190 valence electrons. The highest BCUT2D eigenvalue weighted by molar-refractivity contribution is 5.77. The first kappa shape index (κ1) is 29.6. The molecule has 1 aromatic carbocycles. The molecule has 3 atom stereocenters. The molecule has 1 aromatic rings. The molecule has 1 amide bonds. The van der Waals surface area contributed by atoms with E-state index in [2.05, 4.69) is 12.2 Å². The molecule has 0 fully saturated rings. The van der Waals surface area contributed by atoms with Crippen molar-refractivity contribution in [1.82, 2.24) is 5.32 Å². The van der Waals surface area contributed by atoms with Crippen LogP contribution >= 0.6 is 0 Å². The van der Waals surface area contributed by atoms with Crippen molar-refractivity contribution < 1.29 is 24.9 Å². The minimum absolute atomic E-state index is 0.174. The predicted molar refractivity (Wildman–Crippen MR) is 133 cm³/mol. The van der Waals surface area contributed by atoms with Crippen LogP contribution in [0.4, 0.5) is 0 Å². The number of unbranched alkanes of at least 4 members (excludes halogenated alkanes) is 11. The number of amides is 1. The fraction of sp³-hybridized carbons (Fsp3) is 0.741. The summed E-state index contributed by atoms with van der Waals surface area (Å²) in [7, 11) is 0. The van der Waals surface area contributed by atoms with Gasteiger partial charge in [0, 0.05) is 0 Å². The van der Waals surface area contributed by atoms with E-state index in [0.29, 0.717) is 13.0 Å². The van der Waals surface area contributed by atoms with Crippen LogP contribution in [-0.2, 0) is 16.1 Å². The number of rotatable bonds is 21. The van der Waals surface area contributed by atoms with Crippen molar-refractivity contribution in [3.63, 3.8) is 0 Å². The van der Waals surface area contributed by atoms with Gasteiger partial charge in [-0.15, -0.1) is 0 Å². The van der Waals surface area contributed by atoms with Crippen LogP contribution in [0, 0.1) is 0 Å². The number of aliphatic hydroxyl groups excluding tert-OH is 3. The van der Waals surface area contributed by atoms with Gasteiger partial charge in [-0.25, -0.2) is 0 Å². The monoisotopic (exact) mass is 465 g/mol. The highest BCUT2D eigenvalue weighted by atomic mass is 16.5. The van der Waals surface area contributed by atoms with Crippen LogP contribution < -0.4 is 5.32 Å². The van der Waals surface area contributed by atoms with Crippen molar-refractivity contribution in [1.29, 1.82) is 0 Å². The van der Waals surface area contributed by atoms with Gasteiger partial charge in [0.15, 0.2) is 0 Å². The van der Waals surface area contributed by atoms with E-state index >= 15 is 0 Å². The summed E-state index contributed by atoms with van der Waals surface area (Å²) in [6.45, 7) is 1.93. The lowest BCUT2D eigenvalue weighted by Crippen LogP contribution is -2.51. The minimum Gasteiger partial charge on any atom is -0.394 e. The van der Waals surface area contributed by atoms with Gasteiger partial charge in [0.05, 0.1) is 25.4 Å². The molecular weight excluding hydrogens is 418 g/mol. The van der Waals surface area contributed by atoms with E-state index < -0.39 is 30.8 Å². The Morgan fingerprint density at radius 1 is 0.879 bits per heavy atom. The summed E-state index contributed by atoms with van der Waals surface area (Å²) in [4.78, 5) is 12.1. The van der Waals surface area contributed by atoms with Crippen LogP contribution in [0.25, 0.3) is 0 Å². The lowest BCUT2D eigenvalue weighted by Gasteiger charge is -2.26. The molecule has 0 spiro atoms. The van der Waals surface area contributed by atoms with Gasteiger partial charge in [-0.05, 0) is 12.0 Å². The number of carbonyl (C=O) groups is 1. The second-order valence-electron chi connectivity index (χ2n) is 9.07. The molecule has 0 aliphatic carbocycles. The highest BCUT2D eigenvalue weighted by Crippen LogP contribution is 2.14. The molecule has 0 heterocycles. The first-order chi connectivity index (χ1) is 16.1. The average molecular weight is 466 g/mol. The first-order valence-corrected chi connectivity index (χ1v) is 13.0. The number of aliphatic hydroxyl groups is 3. The molecule has 0 aliphatic heterocycles. The van der Waals surface area contributed by atoms with Gasteiger partial charge in [-0.1, -0.05) is 114 Å². The Labute approximate surface area is 200 Å². The summed E-state index contributed by atoms with van der Waals surface area (Å²) in [6.07, 6.45) is 13.1. The van der Waals surface area contributed by atoms with E-state index in [1.807, 2.05) is 30.3 Å². The van der Waals surface area contributed by atoms with Crippen molar-refractivity contribution in [3.05, 3.63) is 35.9 Å². The molecule has 0 aliphatic rings. The summed E-state index contributed by atoms with van der Waals surface area (Å²) >= 11 is 0. The molecular formula is C27H47NO5. The molecule has 33 heavy (non-hydrogen) atoms. The number of hydrogen-bond acceptors (Lipinski definition) is 5. The van der Waals surface area contributed by atoms with E-state index in [4.69, 9.17) is 4.74 Å². The number of ether oxygens (including phenoxy) is 1. The third-order valence-corrected chi connectivity index (χ3v) is 6.05. The number of carbonyl (C=O) groups excluding carboxylic acids is 1. The van der Waals surface area contributed by atoms with E-state index in [9.17, 15) is 20.1 Å². The van der Waals surface area contributed by atoms with Crippen molar-refractivity contribution in [2.24, 2.45) is 0 Å². The zero-order valence-electron chi connectivity index (χ0n) is 20.6. The molecule has 1 rings (SSSR count). The quantitative estimate of drug-likeness (QED) is 0.200. The average Bonchev–Trinajstić information content (AvgIpc) is 2.83. The second kappa shape index (κ2) is 20.0. The van der Waals surface area contributed by atoms with Gasteiger partial charge in [0.1, 0.15) is 12.7 Å². The van der Waals surface area contributed by atoms with Crippen LogP contribution in [0.3, 0.4) is 0 Å². The lowest BCUT2D eigenvalue weighted by atomic mass is 9.99. The molecule has 0 bridgehead atoms. The molecule has 0 radical (unpaired) electrons. The van der Waals surface area contributed by atoms with Gasteiger partial charge in [-0.2, -0.15) is 0 Å². The highest BCUT2D eigenvalue weighted by Gasteiger charge is 2.26. The standard InChI is InChI=1S/C27H47NO5/c1-2-3-4-5-6-7-8-9-10-11-12-16-19-25(30)27(32)24(20-29)28-26(31)22-33-21-23-17-14-13-15-18-23/h13-15,17-18,24-25,27,29-30,32H,2-12,16,19-22H2,1H3,(H,28,31)/t24-,25+,27-/m0/s1.